The molecular formula is C50H51N9O4. The van der Waals surface area contributed by atoms with Crippen molar-refractivity contribution in [2.24, 2.45) is 5.73 Å². The smallest absolute Gasteiger partial charge is 0.318 e. The molecule has 6 N–H and O–H groups in total. The zero-order chi connectivity index (χ0) is 43.3. The molecule has 0 saturated carbocycles. The summed E-state index contributed by atoms with van der Waals surface area (Å²) >= 11 is 0. The van der Waals surface area contributed by atoms with Crippen molar-refractivity contribution in [3.05, 3.63) is 155 Å². The van der Waals surface area contributed by atoms with Crippen LogP contribution in [-0.4, -0.2) is 89.9 Å². The van der Waals surface area contributed by atoms with Crippen molar-refractivity contribution in [2.75, 3.05) is 26.2 Å². The molecule has 9 rings (SSSR count). The Morgan fingerprint density at radius 3 is 1.65 bits per heavy atom. The standard InChI is InChI=1S/C50H51N9O4/c51-44(37-10-3-1-4-11-37)48(61)58-28-8-15-42(58)46-52-30-40(54-46)35-23-19-33(20-24-35)17-18-34-21-25-36(26-22-34)41-31-53-47(55-41)43-16-9-29-59(43)49(62)45(38-12-5-2-6-13-38)56-50(63)57-27-7-14-39(57)32-60/h1-6,10-13,19-26,30-31,39,42-45,60H,7-9,14-16,27-29,32,51H2,(H,52,54)(H,53,55)(H,56,63)/t39-,42-,43-,44+,45+/m0/s1. The van der Waals surface area contributed by atoms with E-state index in [1.54, 1.807) is 11.1 Å². The average molecular weight is 842 g/mol. The summed E-state index contributed by atoms with van der Waals surface area (Å²) in [5.74, 6) is 7.73. The van der Waals surface area contributed by atoms with Crippen LogP contribution in [-0.2, 0) is 9.59 Å². The Morgan fingerprint density at radius 2 is 1.13 bits per heavy atom. The number of amides is 4. The molecule has 0 unspecified atom stereocenters. The highest BCUT2D eigenvalue weighted by Crippen LogP contribution is 2.36. The molecule has 2 aromatic heterocycles. The van der Waals surface area contributed by atoms with E-state index in [-0.39, 0.29) is 42.6 Å². The first-order valence-corrected chi connectivity index (χ1v) is 21.8. The second-order valence-electron chi connectivity index (χ2n) is 16.5. The van der Waals surface area contributed by atoms with Crippen molar-refractivity contribution in [2.45, 2.75) is 68.7 Å². The number of rotatable bonds is 10. The van der Waals surface area contributed by atoms with E-state index in [4.69, 9.17) is 10.7 Å². The molecule has 320 valence electrons. The number of urea groups is 1. The number of aromatic amines is 2. The van der Waals surface area contributed by atoms with E-state index in [2.05, 4.69) is 32.1 Å². The third-order valence-corrected chi connectivity index (χ3v) is 12.6. The zero-order valence-corrected chi connectivity index (χ0v) is 35.0. The van der Waals surface area contributed by atoms with Gasteiger partial charge < -0.3 is 40.8 Å². The van der Waals surface area contributed by atoms with E-state index in [1.165, 1.54) is 0 Å². The second-order valence-corrected chi connectivity index (χ2v) is 16.5. The molecule has 3 aliphatic heterocycles. The number of nitrogens with one attached hydrogen (secondary N) is 3. The third kappa shape index (κ3) is 8.86. The molecule has 0 radical (unpaired) electrons. The molecule has 13 heteroatoms. The fourth-order valence-corrected chi connectivity index (χ4v) is 9.13. The summed E-state index contributed by atoms with van der Waals surface area (Å²) in [5.41, 5.74) is 13.3. The van der Waals surface area contributed by atoms with Crippen molar-refractivity contribution >= 4 is 17.8 Å². The predicted molar refractivity (Wildman–Crippen MR) is 239 cm³/mol. The molecule has 4 amide bonds. The summed E-state index contributed by atoms with van der Waals surface area (Å²) in [7, 11) is 0. The van der Waals surface area contributed by atoms with Crippen LogP contribution in [0.3, 0.4) is 0 Å². The highest BCUT2D eigenvalue weighted by Gasteiger charge is 2.39. The molecule has 0 spiro atoms. The summed E-state index contributed by atoms with van der Waals surface area (Å²) in [4.78, 5) is 62.8. The number of nitrogens with two attached hydrogens (primary N) is 1. The lowest BCUT2D eigenvalue weighted by molar-refractivity contribution is -0.135. The third-order valence-electron chi connectivity index (χ3n) is 12.6. The lowest BCUT2D eigenvalue weighted by Gasteiger charge is -2.31. The fraction of sp³-hybridized carbons (Fsp3) is 0.300. The molecule has 3 fully saturated rings. The molecule has 0 bridgehead atoms. The van der Waals surface area contributed by atoms with Gasteiger partial charge in [0.05, 0.1) is 48.5 Å². The maximum Gasteiger partial charge on any atom is 0.318 e. The van der Waals surface area contributed by atoms with Gasteiger partial charge in [0.25, 0.3) is 0 Å². The number of benzene rings is 4. The molecule has 13 nitrogen and oxygen atoms in total. The van der Waals surface area contributed by atoms with Crippen LogP contribution < -0.4 is 11.1 Å². The van der Waals surface area contributed by atoms with Gasteiger partial charge >= 0.3 is 6.03 Å². The normalized spacial score (nSPS) is 19.4. The van der Waals surface area contributed by atoms with Gasteiger partial charge in [-0.1, -0.05) is 96.8 Å². The molecule has 5 atom stereocenters. The number of H-pyrrole nitrogens is 2. The number of hydrogen-bond donors (Lipinski definition) is 5. The number of aliphatic hydroxyl groups excluding tert-OH is 1. The Kier molecular flexibility index (Phi) is 12.2. The number of nitrogens with zero attached hydrogens (tertiary/aromatic N) is 5. The average Bonchev–Trinajstić information content (AvgIpc) is 4.20. The second kappa shape index (κ2) is 18.5. The molecule has 63 heavy (non-hydrogen) atoms. The lowest BCUT2D eigenvalue weighted by atomic mass is 10.0. The summed E-state index contributed by atoms with van der Waals surface area (Å²) in [6.07, 6.45) is 8.45. The minimum Gasteiger partial charge on any atom is -0.394 e. The minimum absolute atomic E-state index is 0.0925. The first kappa shape index (κ1) is 41.3. The monoisotopic (exact) mass is 841 g/mol. The van der Waals surface area contributed by atoms with E-state index in [0.717, 1.165) is 83.6 Å². The number of aromatic nitrogens is 4. The zero-order valence-electron chi connectivity index (χ0n) is 35.0. The van der Waals surface area contributed by atoms with Gasteiger partial charge in [-0.15, -0.1) is 0 Å². The van der Waals surface area contributed by atoms with Crippen LogP contribution in [0.25, 0.3) is 22.5 Å². The molecule has 5 heterocycles. The summed E-state index contributed by atoms with van der Waals surface area (Å²) in [6, 6.07) is 32.2. The maximum absolute atomic E-state index is 14.3. The summed E-state index contributed by atoms with van der Waals surface area (Å²) < 4.78 is 0. The van der Waals surface area contributed by atoms with Crippen LogP contribution in [0.5, 0.6) is 0 Å². The van der Waals surface area contributed by atoms with Crippen LogP contribution in [0, 0.1) is 11.8 Å². The maximum atomic E-state index is 14.3. The highest BCUT2D eigenvalue weighted by molar-refractivity contribution is 5.89. The summed E-state index contributed by atoms with van der Waals surface area (Å²) in [5, 5.41) is 12.8. The van der Waals surface area contributed by atoms with Gasteiger partial charge in [0, 0.05) is 30.8 Å². The van der Waals surface area contributed by atoms with Gasteiger partial charge in [-0.3, -0.25) is 9.59 Å². The van der Waals surface area contributed by atoms with Gasteiger partial charge in [0.15, 0.2) is 0 Å². The number of carbonyl (C=O) groups excluding carboxylic acids is 3. The van der Waals surface area contributed by atoms with Crippen LogP contribution in [0.4, 0.5) is 4.79 Å². The van der Waals surface area contributed by atoms with Crippen LogP contribution in [0.1, 0.15) is 96.6 Å². The van der Waals surface area contributed by atoms with E-state index in [9.17, 15) is 19.5 Å². The number of aliphatic hydroxyl groups is 1. The Balaban J connectivity index is 0.830. The number of hydrogen-bond acceptors (Lipinski definition) is 7. The first-order valence-electron chi connectivity index (χ1n) is 21.8. The quantitative estimate of drug-likeness (QED) is 0.0943. The molecule has 3 saturated heterocycles. The topological polar surface area (TPSA) is 177 Å². The largest absolute Gasteiger partial charge is 0.394 e. The number of likely N-dealkylation sites (tertiary alicyclic amines) is 3. The fourth-order valence-electron chi connectivity index (χ4n) is 9.13. The van der Waals surface area contributed by atoms with Crippen molar-refractivity contribution < 1.29 is 19.5 Å². The van der Waals surface area contributed by atoms with E-state index in [0.29, 0.717) is 31.0 Å². The number of imidazole rings is 2. The Bertz CT molecular complexity index is 2600. The van der Waals surface area contributed by atoms with Gasteiger partial charge in [-0.05, 0) is 85.0 Å². The molecule has 0 aliphatic carbocycles. The molecule has 3 aliphatic rings. The van der Waals surface area contributed by atoms with Gasteiger partial charge in [-0.2, -0.15) is 0 Å². The molecule has 6 aromatic rings. The van der Waals surface area contributed by atoms with Crippen LogP contribution >= 0.6 is 0 Å². The van der Waals surface area contributed by atoms with Crippen molar-refractivity contribution in [1.82, 2.24) is 40.0 Å². The molecular weight excluding hydrogens is 791 g/mol. The lowest BCUT2D eigenvalue weighted by Crippen LogP contribution is -2.49. The predicted octanol–water partition coefficient (Wildman–Crippen LogP) is 6.80. The van der Waals surface area contributed by atoms with Gasteiger partial charge in [0.1, 0.15) is 23.7 Å². The SMILES string of the molecule is N[C@@H](C(=O)N1CCC[C@H]1c1ncc(-c2ccc(C#Cc3ccc(-c4cnc([C@@H]5CCCN5C(=O)[C@H](NC(=O)N5CCC[C@H]5CO)c5ccccc5)[nH]4)cc3)cc2)[nH]1)c1ccccc1. The highest BCUT2D eigenvalue weighted by atomic mass is 16.3. The van der Waals surface area contributed by atoms with Gasteiger partial charge in [0.2, 0.25) is 11.8 Å². The van der Waals surface area contributed by atoms with E-state index >= 15 is 0 Å². The number of carbonyl (C=O) groups is 3. The van der Waals surface area contributed by atoms with E-state index in [1.807, 2.05) is 125 Å². The van der Waals surface area contributed by atoms with Gasteiger partial charge in [-0.25, -0.2) is 14.8 Å². The Labute approximate surface area is 366 Å². The van der Waals surface area contributed by atoms with Crippen LogP contribution in [0.2, 0.25) is 0 Å². The first-order chi connectivity index (χ1) is 30.8. The van der Waals surface area contributed by atoms with Crippen LogP contribution in [0.15, 0.2) is 122 Å². The Hall–Kier alpha value is -7.01. The minimum atomic E-state index is -0.872. The van der Waals surface area contributed by atoms with Crippen molar-refractivity contribution in [3.63, 3.8) is 0 Å². The van der Waals surface area contributed by atoms with E-state index < -0.39 is 12.1 Å². The van der Waals surface area contributed by atoms with Crippen molar-refractivity contribution in [3.8, 4) is 34.4 Å². The van der Waals surface area contributed by atoms with Crippen molar-refractivity contribution in [1.29, 1.82) is 0 Å². The summed E-state index contributed by atoms with van der Waals surface area (Å²) in [6.45, 7) is 1.64. The molecule has 4 aromatic carbocycles. The Morgan fingerprint density at radius 1 is 0.651 bits per heavy atom.